The van der Waals surface area contributed by atoms with Crippen LogP contribution in [0.25, 0.3) is 11.1 Å². The Balaban J connectivity index is 2.11. The maximum Gasteiger partial charge on any atom is 0.311 e. The minimum absolute atomic E-state index is 0.0600. The lowest BCUT2D eigenvalue weighted by molar-refractivity contribution is -0.384. The van der Waals surface area contributed by atoms with Gasteiger partial charge in [-0.2, -0.15) is 0 Å². The monoisotopic (exact) mass is 450 g/mol. The van der Waals surface area contributed by atoms with Crippen LogP contribution in [0, 0.1) is 21.7 Å². The predicted octanol–water partition coefficient (Wildman–Crippen LogP) is 3.20. The van der Waals surface area contributed by atoms with Crippen LogP contribution in [0.4, 0.5) is 20.2 Å². The lowest BCUT2D eigenvalue weighted by Gasteiger charge is -2.16. The molecule has 162 valence electrons. The minimum atomic E-state index is -4.32. The van der Waals surface area contributed by atoms with Gasteiger partial charge >= 0.3 is 5.69 Å². The van der Waals surface area contributed by atoms with E-state index < -0.39 is 49.3 Å². The highest BCUT2D eigenvalue weighted by atomic mass is 32.2. The van der Waals surface area contributed by atoms with Crippen LogP contribution in [-0.2, 0) is 16.6 Å². The maximum atomic E-state index is 14.4. The molecule has 0 amide bonds. The van der Waals surface area contributed by atoms with Gasteiger partial charge in [0.15, 0.2) is 0 Å². The van der Waals surface area contributed by atoms with Crippen molar-refractivity contribution in [3.05, 3.63) is 76.0 Å². The van der Waals surface area contributed by atoms with E-state index in [0.717, 1.165) is 6.20 Å². The van der Waals surface area contributed by atoms with E-state index in [0.29, 0.717) is 17.7 Å². The Hall–Kier alpha value is -3.64. The van der Waals surface area contributed by atoms with Crippen LogP contribution in [0.3, 0.4) is 0 Å². The van der Waals surface area contributed by atoms with Crippen LogP contribution in [-0.4, -0.2) is 25.4 Å². The molecule has 1 aromatic heterocycles. The summed E-state index contributed by atoms with van der Waals surface area (Å²) in [6.45, 7) is -0.531. The summed E-state index contributed by atoms with van der Waals surface area (Å²) in [4.78, 5) is 14.1. The van der Waals surface area contributed by atoms with Gasteiger partial charge in [0, 0.05) is 12.1 Å². The Labute approximate surface area is 175 Å². The molecule has 0 spiro atoms. The Morgan fingerprint density at radius 3 is 2.32 bits per heavy atom. The molecule has 0 bridgehead atoms. The largest absolute Gasteiger partial charge is 0.480 e. The highest BCUT2D eigenvalue weighted by Crippen LogP contribution is 2.41. The number of nitrogens with one attached hydrogen (secondary N) is 1. The number of nitrogens with two attached hydrogens (primary N) is 1. The molecule has 0 saturated carbocycles. The van der Waals surface area contributed by atoms with Crippen molar-refractivity contribution < 1.29 is 26.9 Å². The number of aromatic nitrogens is 1. The second-order valence-corrected chi connectivity index (χ2v) is 7.85. The number of ether oxygens (including phenoxy) is 1. The zero-order valence-electron chi connectivity index (χ0n) is 16.0. The van der Waals surface area contributed by atoms with Gasteiger partial charge < -0.3 is 10.1 Å². The van der Waals surface area contributed by atoms with Gasteiger partial charge in [0.2, 0.25) is 15.9 Å². The van der Waals surface area contributed by atoms with Gasteiger partial charge in [0.1, 0.15) is 23.5 Å². The molecule has 3 aromatic rings. The van der Waals surface area contributed by atoms with Crippen LogP contribution in [0.2, 0.25) is 0 Å². The van der Waals surface area contributed by atoms with Crippen molar-refractivity contribution in [3.8, 4) is 17.0 Å². The molecule has 12 heteroatoms. The van der Waals surface area contributed by atoms with Crippen molar-refractivity contribution in [2.45, 2.75) is 11.4 Å². The molecule has 0 fully saturated rings. The summed E-state index contributed by atoms with van der Waals surface area (Å²) in [5.74, 6) is -2.30. The third kappa shape index (κ3) is 4.59. The molecule has 0 unspecified atom stereocenters. The van der Waals surface area contributed by atoms with Gasteiger partial charge in [0.05, 0.1) is 22.5 Å². The molecule has 0 aliphatic carbocycles. The summed E-state index contributed by atoms with van der Waals surface area (Å²) in [6, 6.07) is 9.62. The fourth-order valence-electron chi connectivity index (χ4n) is 2.92. The van der Waals surface area contributed by atoms with Crippen molar-refractivity contribution in [1.82, 2.24) is 4.98 Å². The third-order valence-electron chi connectivity index (χ3n) is 4.36. The molecule has 0 aliphatic rings. The molecule has 0 atom stereocenters. The van der Waals surface area contributed by atoms with Crippen molar-refractivity contribution >= 4 is 21.4 Å². The van der Waals surface area contributed by atoms with E-state index in [1.165, 1.54) is 7.11 Å². The molecule has 9 nitrogen and oxygen atoms in total. The number of primary sulfonamides is 1. The van der Waals surface area contributed by atoms with E-state index in [2.05, 4.69) is 10.3 Å². The zero-order valence-corrected chi connectivity index (χ0v) is 16.8. The summed E-state index contributed by atoms with van der Waals surface area (Å²) in [5.41, 5.74) is -0.307. The van der Waals surface area contributed by atoms with E-state index in [9.17, 15) is 27.3 Å². The summed E-state index contributed by atoms with van der Waals surface area (Å²) in [6.07, 6.45) is 0.963. The van der Waals surface area contributed by atoms with E-state index in [4.69, 9.17) is 9.88 Å². The van der Waals surface area contributed by atoms with Gasteiger partial charge in [-0.25, -0.2) is 27.3 Å². The van der Waals surface area contributed by atoms with E-state index in [1.807, 2.05) is 0 Å². The first-order valence-electron chi connectivity index (χ1n) is 8.65. The van der Waals surface area contributed by atoms with Gasteiger partial charge in [-0.05, 0) is 17.7 Å². The number of rotatable bonds is 7. The third-order valence-corrected chi connectivity index (χ3v) is 5.25. The van der Waals surface area contributed by atoms with Gasteiger partial charge in [-0.3, -0.25) is 10.1 Å². The number of nitrogens with zero attached hydrogens (tertiary/aromatic N) is 2. The number of anilines is 1. The highest BCUT2D eigenvalue weighted by Gasteiger charge is 2.25. The summed E-state index contributed by atoms with van der Waals surface area (Å²) in [5, 5.41) is 19.1. The van der Waals surface area contributed by atoms with Crippen LogP contribution < -0.4 is 15.2 Å². The van der Waals surface area contributed by atoms with Gasteiger partial charge in [0.25, 0.3) is 0 Å². The van der Waals surface area contributed by atoms with Gasteiger partial charge in [-0.1, -0.05) is 30.3 Å². The number of halogens is 2. The highest BCUT2D eigenvalue weighted by molar-refractivity contribution is 7.89. The van der Waals surface area contributed by atoms with Gasteiger partial charge in [-0.15, -0.1) is 0 Å². The Morgan fingerprint density at radius 1 is 1.19 bits per heavy atom. The van der Waals surface area contributed by atoms with Crippen molar-refractivity contribution in [1.29, 1.82) is 0 Å². The number of benzene rings is 2. The summed E-state index contributed by atoms with van der Waals surface area (Å²) >= 11 is 0. The van der Waals surface area contributed by atoms with Crippen LogP contribution in [0.15, 0.2) is 53.6 Å². The number of sulfonamides is 1. The van der Waals surface area contributed by atoms with E-state index in [-0.39, 0.29) is 17.1 Å². The normalized spacial score (nSPS) is 11.2. The van der Waals surface area contributed by atoms with Crippen molar-refractivity contribution in [2.24, 2.45) is 5.14 Å². The van der Waals surface area contributed by atoms with Crippen LogP contribution in [0.1, 0.15) is 5.56 Å². The van der Waals surface area contributed by atoms with E-state index in [1.54, 1.807) is 30.3 Å². The number of methoxy groups -OCH3 is 1. The first-order valence-corrected chi connectivity index (χ1v) is 10.2. The number of hydrogen-bond acceptors (Lipinski definition) is 7. The zero-order chi connectivity index (χ0) is 22.8. The second kappa shape index (κ2) is 8.62. The Morgan fingerprint density at radius 2 is 1.81 bits per heavy atom. The molecule has 0 aliphatic heterocycles. The summed E-state index contributed by atoms with van der Waals surface area (Å²) < 4.78 is 56.7. The molecule has 3 N–H and O–H groups in total. The lowest BCUT2D eigenvalue weighted by atomic mass is 10.0. The molecule has 0 saturated heterocycles. The lowest BCUT2D eigenvalue weighted by Crippen LogP contribution is -2.15. The summed E-state index contributed by atoms with van der Waals surface area (Å²) in [7, 11) is -2.99. The molecule has 31 heavy (non-hydrogen) atoms. The smallest absolute Gasteiger partial charge is 0.311 e. The Kier molecular flexibility index (Phi) is 6.13. The van der Waals surface area contributed by atoms with Crippen molar-refractivity contribution in [2.75, 3.05) is 12.4 Å². The SMILES string of the molecule is COc1ncc([N+](=O)[O-])c(NCc2c(F)cc(S(N)(=O)=O)cc2F)c1-c1ccccc1. The predicted molar refractivity (Wildman–Crippen MR) is 108 cm³/mol. The molecular weight excluding hydrogens is 434 g/mol. The first-order chi connectivity index (χ1) is 14.6. The van der Waals surface area contributed by atoms with Crippen LogP contribution >= 0.6 is 0 Å². The maximum absolute atomic E-state index is 14.4. The Bertz CT molecular complexity index is 1230. The average Bonchev–Trinajstić information content (AvgIpc) is 2.72. The molecule has 2 aromatic carbocycles. The topological polar surface area (TPSA) is 137 Å². The van der Waals surface area contributed by atoms with Crippen LogP contribution in [0.5, 0.6) is 5.88 Å². The molecule has 3 rings (SSSR count). The second-order valence-electron chi connectivity index (χ2n) is 6.29. The molecule has 0 radical (unpaired) electrons. The van der Waals surface area contributed by atoms with E-state index >= 15 is 0 Å². The molecule has 1 heterocycles. The number of pyridine rings is 1. The number of nitro groups is 1. The first kappa shape index (κ1) is 22.1. The standard InChI is InChI=1S/C19H16F2N4O5S/c1-30-19-17(11-5-3-2-4-6-11)18(16(10-24-19)25(26)27)23-9-13-14(20)7-12(8-15(13)21)31(22,28)29/h2-8,10H,9H2,1H3,(H,23,24)(H2,22,28,29). The quantitative estimate of drug-likeness (QED) is 0.416. The van der Waals surface area contributed by atoms with Crippen molar-refractivity contribution in [3.63, 3.8) is 0 Å². The molecular formula is C19H16F2N4O5S. The minimum Gasteiger partial charge on any atom is -0.480 e. The fourth-order valence-corrected chi connectivity index (χ4v) is 3.45. The number of hydrogen-bond donors (Lipinski definition) is 2. The fraction of sp³-hybridized carbons (Fsp3) is 0.105. The average molecular weight is 450 g/mol.